The van der Waals surface area contributed by atoms with Gasteiger partial charge in [-0.1, -0.05) is 30.3 Å². The molecule has 1 aromatic heterocycles. The number of aromatic amines is 1. The predicted octanol–water partition coefficient (Wildman–Crippen LogP) is 4.58. The fourth-order valence-corrected chi connectivity index (χ4v) is 3.19. The SMILES string of the molecule is Cc1cc(N)c2[nH]c3ccccc3c2c1-c1ccc(O)cc1. The van der Waals surface area contributed by atoms with Gasteiger partial charge in [-0.25, -0.2) is 0 Å². The lowest BCUT2D eigenvalue weighted by Gasteiger charge is -2.11. The highest BCUT2D eigenvalue weighted by Gasteiger charge is 2.15. The van der Waals surface area contributed by atoms with Gasteiger partial charge in [0.1, 0.15) is 5.75 Å². The standard InChI is InChI=1S/C19H16N2O/c1-11-10-15(20)19-18(14-4-2-3-5-16(14)21-19)17(11)12-6-8-13(22)9-7-12/h2-10,21-22H,20H2,1H3. The highest BCUT2D eigenvalue weighted by atomic mass is 16.3. The molecule has 0 aliphatic rings. The van der Waals surface area contributed by atoms with E-state index in [0.29, 0.717) is 0 Å². The van der Waals surface area contributed by atoms with Crippen LogP contribution >= 0.6 is 0 Å². The largest absolute Gasteiger partial charge is 0.508 e. The smallest absolute Gasteiger partial charge is 0.115 e. The first kappa shape index (κ1) is 12.8. The van der Waals surface area contributed by atoms with E-state index in [2.05, 4.69) is 24.0 Å². The molecule has 0 aliphatic carbocycles. The summed E-state index contributed by atoms with van der Waals surface area (Å²) < 4.78 is 0. The number of aromatic hydroxyl groups is 1. The van der Waals surface area contributed by atoms with Crippen LogP contribution in [0.5, 0.6) is 5.75 Å². The molecule has 4 N–H and O–H groups in total. The molecule has 3 nitrogen and oxygen atoms in total. The molecule has 0 unspecified atom stereocenters. The molecule has 1 heterocycles. The second-order valence-electron chi connectivity index (χ2n) is 5.63. The van der Waals surface area contributed by atoms with Crippen LogP contribution in [0.2, 0.25) is 0 Å². The minimum atomic E-state index is 0.270. The van der Waals surface area contributed by atoms with Crippen molar-refractivity contribution in [2.24, 2.45) is 0 Å². The molecule has 22 heavy (non-hydrogen) atoms. The second kappa shape index (κ2) is 4.53. The Morgan fingerprint density at radius 1 is 1.00 bits per heavy atom. The number of hydrogen-bond acceptors (Lipinski definition) is 2. The Morgan fingerprint density at radius 2 is 1.73 bits per heavy atom. The number of phenols is 1. The number of H-pyrrole nitrogens is 1. The number of anilines is 1. The van der Waals surface area contributed by atoms with Crippen molar-refractivity contribution in [3.05, 3.63) is 60.2 Å². The van der Waals surface area contributed by atoms with E-state index >= 15 is 0 Å². The van der Waals surface area contributed by atoms with Gasteiger partial charge in [-0.15, -0.1) is 0 Å². The lowest BCUT2D eigenvalue weighted by atomic mass is 9.94. The third-order valence-corrected chi connectivity index (χ3v) is 4.17. The van der Waals surface area contributed by atoms with E-state index in [-0.39, 0.29) is 5.75 Å². The molecule has 0 saturated heterocycles. The van der Waals surface area contributed by atoms with E-state index in [1.54, 1.807) is 12.1 Å². The van der Waals surface area contributed by atoms with Gasteiger partial charge in [-0.3, -0.25) is 0 Å². The van der Waals surface area contributed by atoms with Crippen LogP contribution in [0.4, 0.5) is 5.69 Å². The number of fused-ring (bicyclic) bond motifs is 3. The number of nitrogens with two attached hydrogens (primary N) is 1. The topological polar surface area (TPSA) is 62.0 Å². The van der Waals surface area contributed by atoms with E-state index in [1.807, 2.05) is 30.3 Å². The van der Waals surface area contributed by atoms with Gasteiger partial charge in [0.25, 0.3) is 0 Å². The van der Waals surface area contributed by atoms with Crippen LogP contribution in [0.15, 0.2) is 54.6 Å². The monoisotopic (exact) mass is 288 g/mol. The fraction of sp³-hybridized carbons (Fsp3) is 0.0526. The van der Waals surface area contributed by atoms with Gasteiger partial charge in [0.15, 0.2) is 0 Å². The minimum Gasteiger partial charge on any atom is -0.508 e. The van der Waals surface area contributed by atoms with Gasteiger partial charge >= 0.3 is 0 Å². The molecule has 0 saturated carbocycles. The van der Waals surface area contributed by atoms with E-state index in [1.165, 1.54) is 0 Å². The van der Waals surface area contributed by atoms with Gasteiger partial charge in [-0.2, -0.15) is 0 Å². The number of aryl methyl sites for hydroxylation is 1. The molecular formula is C19H16N2O. The fourth-order valence-electron chi connectivity index (χ4n) is 3.19. The average molecular weight is 288 g/mol. The van der Waals surface area contributed by atoms with E-state index in [0.717, 1.165) is 44.2 Å². The summed E-state index contributed by atoms with van der Waals surface area (Å²) in [6.07, 6.45) is 0. The maximum atomic E-state index is 9.54. The van der Waals surface area contributed by atoms with Crippen LogP contribution in [0.1, 0.15) is 5.56 Å². The Bertz CT molecular complexity index is 997. The van der Waals surface area contributed by atoms with Crippen molar-refractivity contribution in [2.75, 3.05) is 5.73 Å². The summed E-state index contributed by atoms with van der Waals surface area (Å²) in [5, 5.41) is 11.8. The zero-order chi connectivity index (χ0) is 15.3. The quantitative estimate of drug-likeness (QED) is 0.449. The van der Waals surface area contributed by atoms with Gasteiger partial charge in [-0.05, 0) is 47.9 Å². The van der Waals surface area contributed by atoms with Gasteiger partial charge < -0.3 is 15.8 Å². The van der Waals surface area contributed by atoms with Crippen molar-refractivity contribution in [1.82, 2.24) is 4.98 Å². The minimum absolute atomic E-state index is 0.270. The first-order chi connectivity index (χ1) is 10.6. The van der Waals surface area contributed by atoms with Crippen LogP contribution in [-0.4, -0.2) is 10.1 Å². The Labute approximate surface area is 128 Å². The summed E-state index contributed by atoms with van der Waals surface area (Å²) in [5.74, 6) is 0.270. The molecule has 0 spiro atoms. The zero-order valence-corrected chi connectivity index (χ0v) is 12.2. The molecular weight excluding hydrogens is 272 g/mol. The third-order valence-electron chi connectivity index (χ3n) is 4.17. The van der Waals surface area contributed by atoms with E-state index in [9.17, 15) is 5.11 Å². The molecule has 0 aliphatic heterocycles. The lowest BCUT2D eigenvalue weighted by molar-refractivity contribution is 0.475. The van der Waals surface area contributed by atoms with Crippen molar-refractivity contribution >= 4 is 27.5 Å². The number of nitrogen functional groups attached to an aromatic ring is 1. The molecule has 0 fully saturated rings. The first-order valence-electron chi connectivity index (χ1n) is 7.24. The maximum Gasteiger partial charge on any atom is 0.115 e. The van der Waals surface area contributed by atoms with Crippen LogP contribution in [0.25, 0.3) is 32.9 Å². The van der Waals surface area contributed by atoms with Crippen LogP contribution < -0.4 is 5.73 Å². The zero-order valence-electron chi connectivity index (χ0n) is 12.2. The predicted molar refractivity (Wildman–Crippen MR) is 92.1 cm³/mol. The number of phenolic OH excluding ortho intramolecular Hbond substituents is 1. The molecule has 3 heteroatoms. The van der Waals surface area contributed by atoms with Crippen LogP contribution in [0.3, 0.4) is 0 Å². The maximum absolute atomic E-state index is 9.54. The number of rotatable bonds is 1. The summed E-state index contributed by atoms with van der Waals surface area (Å²) in [6.45, 7) is 2.07. The number of hydrogen-bond donors (Lipinski definition) is 3. The molecule has 0 radical (unpaired) electrons. The molecule has 108 valence electrons. The average Bonchev–Trinajstić information content (AvgIpc) is 2.89. The first-order valence-corrected chi connectivity index (χ1v) is 7.24. The highest BCUT2D eigenvalue weighted by Crippen LogP contribution is 2.39. The molecule has 4 rings (SSSR count). The van der Waals surface area contributed by atoms with Crippen LogP contribution in [0, 0.1) is 6.92 Å². The molecule has 0 atom stereocenters. The van der Waals surface area contributed by atoms with Gasteiger partial charge in [0.2, 0.25) is 0 Å². The van der Waals surface area contributed by atoms with Crippen molar-refractivity contribution < 1.29 is 5.11 Å². The van der Waals surface area contributed by atoms with E-state index in [4.69, 9.17) is 5.73 Å². The van der Waals surface area contributed by atoms with Crippen molar-refractivity contribution in [1.29, 1.82) is 0 Å². The molecule has 0 bridgehead atoms. The number of benzene rings is 3. The Hall–Kier alpha value is -2.94. The summed E-state index contributed by atoms with van der Waals surface area (Å²) >= 11 is 0. The van der Waals surface area contributed by atoms with E-state index < -0.39 is 0 Å². The Balaban J connectivity index is 2.19. The Morgan fingerprint density at radius 3 is 2.50 bits per heavy atom. The summed E-state index contributed by atoms with van der Waals surface area (Å²) in [6, 6.07) is 17.5. The summed E-state index contributed by atoms with van der Waals surface area (Å²) in [4.78, 5) is 3.42. The summed E-state index contributed by atoms with van der Waals surface area (Å²) in [7, 11) is 0. The summed E-state index contributed by atoms with van der Waals surface area (Å²) in [5.41, 5.74) is 12.4. The lowest BCUT2D eigenvalue weighted by Crippen LogP contribution is -1.92. The molecule has 4 aromatic rings. The van der Waals surface area contributed by atoms with Gasteiger partial charge in [0, 0.05) is 16.3 Å². The number of aromatic nitrogens is 1. The van der Waals surface area contributed by atoms with Crippen molar-refractivity contribution in [2.45, 2.75) is 6.92 Å². The third kappa shape index (κ3) is 1.76. The Kier molecular flexibility index (Phi) is 2.63. The molecule has 3 aromatic carbocycles. The molecule has 0 amide bonds. The van der Waals surface area contributed by atoms with Crippen LogP contribution in [-0.2, 0) is 0 Å². The second-order valence-corrected chi connectivity index (χ2v) is 5.63. The number of para-hydroxylation sites is 1. The van der Waals surface area contributed by atoms with Gasteiger partial charge in [0.05, 0.1) is 11.2 Å². The normalized spacial score (nSPS) is 11.3. The van der Waals surface area contributed by atoms with Crippen molar-refractivity contribution in [3.8, 4) is 16.9 Å². The van der Waals surface area contributed by atoms with Crippen molar-refractivity contribution in [3.63, 3.8) is 0 Å². The number of nitrogens with one attached hydrogen (secondary N) is 1. The highest BCUT2D eigenvalue weighted by molar-refractivity contribution is 6.18.